The normalized spacial score (nSPS) is 10.4. The Morgan fingerprint density at radius 1 is 1.09 bits per heavy atom. The number of anilines is 1. The first-order valence-corrected chi connectivity index (χ1v) is 6.63. The Balaban J connectivity index is 2.19. The number of hydrogen-bond donors (Lipinski definition) is 2. The molecule has 0 aliphatic carbocycles. The number of carboxylic acids is 1. The largest absolute Gasteiger partial charge is 0.478 e. The minimum atomic E-state index is -0.972. The molecule has 0 radical (unpaired) electrons. The average molecular weight is 292 g/mol. The summed E-state index contributed by atoms with van der Waals surface area (Å²) in [5.74, 6) is -0.522. The SMILES string of the molecule is O=CNc1cc2ccccc2c(-c2ccc(C(=O)O)cc2)n1. The Hall–Kier alpha value is -3.21. The zero-order valence-electron chi connectivity index (χ0n) is 11.5. The van der Waals surface area contributed by atoms with Crippen molar-refractivity contribution in [2.24, 2.45) is 0 Å². The van der Waals surface area contributed by atoms with Crippen molar-refractivity contribution in [2.75, 3.05) is 5.32 Å². The number of carboxylic acid groups (broad SMARTS) is 1. The maximum atomic E-state index is 10.9. The number of amides is 1. The molecule has 3 aromatic rings. The average Bonchev–Trinajstić information content (AvgIpc) is 2.54. The van der Waals surface area contributed by atoms with Crippen molar-refractivity contribution < 1.29 is 14.7 Å². The molecule has 1 amide bonds. The van der Waals surface area contributed by atoms with Crippen molar-refractivity contribution in [3.05, 3.63) is 60.2 Å². The number of nitrogens with one attached hydrogen (secondary N) is 1. The number of benzene rings is 2. The number of fused-ring (bicyclic) bond motifs is 1. The molecule has 5 nitrogen and oxygen atoms in total. The van der Waals surface area contributed by atoms with Gasteiger partial charge in [-0.1, -0.05) is 36.4 Å². The molecule has 0 fully saturated rings. The summed E-state index contributed by atoms with van der Waals surface area (Å²) < 4.78 is 0. The molecule has 22 heavy (non-hydrogen) atoms. The second-order valence-corrected chi connectivity index (χ2v) is 4.72. The van der Waals surface area contributed by atoms with Gasteiger partial charge in [-0.15, -0.1) is 0 Å². The van der Waals surface area contributed by atoms with Crippen molar-refractivity contribution in [1.82, 2.24) is 4.98 Å². The van der Waals surface area contributed by atoms with Gasteiger partial charge in [0.05, 0.1) is 11.3 Å². The monoisotopic (exact) mass is 292 g/mol. The minimum Gasteiger partial charge on any atom is -0.478 e. The third-order valence-corrected chi connectivity index (χ3v) is 3.35. The van der Waals surface area contributed by atoms with Gasteiger partial charge >= 0.3 is 5.97 Å². The number of hydrogen-bond acceptors (Lipinski definition) is 3. The van der Waals surface area contributed by atoms with Crippen LogP contribution in [0.2, 0.25) is 0 Å². The second kappa shape index (κ2) is 5.65. The van der Waals surface area contributed by atoms with Crippen molar-refractivity contribution in [1.29, 1.82) is 0 Å². The van der Waals surface area contributed by atoms with Gasteiger partial charge in [-0.25, -0.2) is 9.78 Å². The first kappa shape index (κ1) is 13.8. The molecule has 1 aromatic heterocycles. The smallest absolute Gasteiger partial charge is 0.335 e. The molecular formula is C17H12N2O3. The van der Waals surface area contributed by atoms with Crippen molar-refractivity contribution in [3.63, 3.8) is 0 Å². The summed E-state index contributed by atoms with van der Waals surface area (Å²) in [6.07, 6.45) is 0.578. The first-order chi connectivity index (χ1) is 10.7. The van der Waals surface area contributed by atoms with E-state index < -0.39 is 5.97 Å². The fourth-order valence-corrected chi connectivity index (χ4v) is 2.32. The Labute approximate surface area is 126 Å². The predicted molar refractivity (Wildman–Crippen MR) is 83.8 cm³/mol. The summed E-state index contributed by atoms with van der Waals surface area (Å²) in [7, 11) is 0. The zero-order chi connectivity index (χ0) is 15.5. The molecule has 0 saturated carbocycles. The molecule has 2 aromatic carbocycles. The lowest BCUT2D eigenvalue weighted by Gasteiger charge is -2.09. The van der Waals surface area contributed by atoms with Crippen LogP contribution in [0.5, 0.6) is 0 Å². The van der Waals surface area contributed by atoms with Gasteiger partial charge in [-0.05, 0) is 23.6 Å². The van der Waals surface area contributed by atoms with Gasteiger partial charge in [0.1, 0.15) is 5.82 Å². The van der Waals surface area contributed by atoms with E-state index in [0.717, 1.165) is 16.3 Å². The minimum absolute atomic E-state index is 0.218. The van der Waals surface area contributed by atoms with Gasteiger partial charge in [0.2, 0.25) is 6.41 Å². The molecule has 0 aliphatic heterocycles. The van der Waals surface area contributed by atoms with E-state index in [-0.39, 0.29) is 5.56 Å². The standard InChI is InChI=1S/C17H12N2O3/c20-10-18-15-9-13-3-1-2-4-14(13)16(19-15)11-5-7-12(8-6-11)17(21)22/h1-10H,(H,21,22)(H,18,19,20). The van der Waals surface area contributed by atoms with Crippen LogP contribution in [0.1, 0.15) is 10.4 Å². The maximum absolute atomic E-state index is 10.9. The van der Waals surface area contributed by atoms with E-state index in [9.17, 15) is 9.59 Å². The second-order valence-electron chi connectivity index (χ2n) is 4.72. The fourth-order valence-electron chi connectivity index (χ4n) is 2.32. The van der Waals surface area contributed by atoms with Gasteiger partial charge in [-0.3, -0.25) is 4.79 Å². The van der Waals surface area contributed by atoms with Crippen LogP contribution in [0, 0.1) is 0 Å². The van der Waals surface area contributed by atoms with E-state index in [4.69, 9.17) is 5.11 Å². The molecule has 0 bridgehead atoms. The van der Waals surface area contributed by atoms with E-state index in [1.54, 1.807) is 18.2 Å². The topological polar surface area (TPSA) is 79.3 Å². The molecule has 0 spiro atoms. The third kappa shape index (κ3) is 2.52. The summed E-state index contributed by atoms with van der Waals surface area (Å²) in [6.45, 7) is 0. The Morgan fingerprint density at radius 3 is 2.50 bits per heavy atom. The summed E-state index contributed by atoms with van der Waals surface area (Å²) in [5, 5.41) is 13.4. The molecule has 0 unspecified atom stereocenters. The fraction of sp³-hybridized carbons (Fsp3) is 0. The maximum Gasteiger partial charge on any atom is 0.335 e. The van der Waals surface area contributed by atoms with Gasteiger partial charge < -0.3 is 10.4 Å². The summed E-state index contributed by atoms with van der Waals surface area (Å²) in [4.78, 5) is 26.0. The molecule has 0 aliphatic rings. The summed E-state index contributed by atoms with van der Waals surface area (Å²) >= 11 is 0. The van der Waals surface area contributed by atoms with E-state index >= 15 is 0 Å². The lowest BCUT2D eigenvalue weighted by molar-refractivity contribution is -0.105. The van der Waals surface area contributed by atoms with Crippen LogP contribution in [-0.4, -0.2) is 22.5 Å². The van der Waals surface area contributed by atoms with Crippen LogP contribution in [0.3, 0.4) is 0 Å². The molecule has 0 atom stereocenters. The van der Waals surface area contributed by atoms with Crippen LogP contribution in [0.25, 0.3) is 22.0 Å². The summed E-state index contributed by atoms with van der Waals surface area (Å²) in [5.41, 5.74) is 1.70. The van der Waals surface area contributed by atoms with E-state index in [0.29, 0.717) is 17.9 Å². The van der Waals surface area contributed by atoms with Gasteiger partial charge in [-0.2, -0.15) is 0 Å². The third-order valence-electron chi connectivity index (χ3n) is 3.35. The number of nitrogens with zero attached hydrogens (tertiary/aromatic N) is 1. The van der Waals surface area contributed by atoms with Gasteiger partial charge in [0.15, 0.2) is 0 Å². The first-order valence-electron chi connectivity index (χ1n) is 6.63. The van der Waals surface area contributed by atoms with Crippen molar-refractivity contribution >= 4 is 29.0 Å². The summed E-state index contributed by atoms with van der Waals surface area (Å²) in [6, 6.07) is 16.0. The predicted octanol–water partition coefficient (Wildman–Crippen LogP) is 3.17. The number of aromatic nitrogens is 1. The van der Waals surface area contributed by atoms with E-state index in [2.05, 4.69) is 10.3 Å². The van der Waals surface area contributed by atoms with Gasteiger partial charge in [0.25, 0.3) is 0 Å². The molecule has 1 heterocycles. The number of rotatable bonds is 4. The highest BCUT2D eigenvalue weighted by Gasteiger charge is 2.09. The highest BCUT2D eigenvalue weighted by Crippen LogP contribution is 2.29. The Morgan fingerprint density at radius 2 is 1.82 bits per heavy atom. The quantitative estimate of drug-likeness (QED) is 0.724. The van der Waals surface area contributed by atoms with E-state index in [1.807, 2.05) is 24.3 Å². The lowest BCUT2D eigenvalue weighted by Crippen LogP contribution is -1.99. The number of aromatic carboxylic acids is 1. The number of carbonyl (C=O) groups excluding carboxylic acids is 1. The zero-order valence-corrected chi connectivity index (χ0v) is 11.5. The molecule has 2 N–H and O–H groups in total. The van der Waals surface area contributed by atoms with Crippen LogP contribution in [-0.2, 0) is 4.79 Å². The Bertz CT molecular complexity index is 857. The van der Waals surface area contributed by atoms with E-state index in [1.165, 1.54) is 12.1 Å². The highest BCUT2D eigenvalue weighted by atomic mass is 16.4. The van der Waals surface area contributed by atoms with Gasteiger partial charge in [0, 0.05) is 10.9 Å². The molecule has 108 valence electrons. The van der Waals surface area contributed by atoms with Crippen LogP contribution in [0.15, 0.2) is 54.6 Å². The van der Waals surface area contributed by atoms with Crippen LogP contribution >= 0.6 is 0 Å². The number of pyridine rings is 1. The molecule has 5 heteroatoms. The van der Waals surface area contributed by atoms with Crippen LogP contribution < -0.4 is 5.32 Å². The number of carbonyl (C=O) groups is 2. The molecule has 0 saturated heterocycles. The van der Waals surface area contributed by atoms with Crippen molar-refractivity contribution in [2.45, 2.75) is 0 Å². The van der Waals surface area contributed by atoms with Crippen LogP contribution in [0.4, 0.5) is 5.82 Å². The Kier molecular flexibility index (Phi) is 3.53. The lowest BCUT2D eigenvalue weighted by atomic mass is 10.0. The van der Waals surface area contributed by atoms with Crippen molar-refractivity contribution in [3.8, 4) is 11.3 Å². The molecule has 3 rings (SSSR count). The molecular weight excluding hydrogens is 280 g/mol. The highest BCUT2D eigenvalue weighted by molar-refractivity contribution is 5.97.